The molecule has 0 bridgehead atoms. The summed E-state index contributed by atoms with van der Waals surface area (Å²) in [6.45, 7) is 5.75. The number of halogens is 1. The molecule has 0 aliphatic carbocycles. The number of hydrogen-bond donors (Lipinski definition) is 2. The molecule has 1 atom stereocenters. The molecule has 1 fully saturated rings. The maximum atomic E-state index is 13.6. The number of nitrogens with zero attached hydrogens (tertiary/aromatic N) is 1. The van der Waals surface area contributed by atoms with Crippen LogP contribution in [0.5, 0.6) is 5.75 Å². The molecule has 73 heavy (non-hydrogen) atoms. The first-order valence-electron chi connectivity index (χ1n) is 27.1. The monoisotopic (exact) mass is 1020 g/mol. The van der Waals surface area contributed by atoms with Crippen LogP contribution in [-0.2, 0) is 14.4 Å². The molecule has 386 valence electrons. The van der Waals surface area contributed by atoms with Gasteiger partial charge in [0.2, 0.25) is 11.8 Å². The fourth-order valence-corrected chi connectivity index (χ4v) is 15.0. The Morgan fingerprint density at radius 2 is 1.21 bits per heavy atom. The normalized spacial score (nSPS) is 13.4. The Bertz CT molecular complexity index is 2630. The van der Waals surface area contributed by atoms with Crippen LogP contribution in [0, 0.1) is 5.92 Å². The number of carbonyl (C=O) groups is 3. The molecule has 7 rings (SSSR count). The molecule has 0 spiro atoms. The minimum atomic E-state index is -1.88. The van der Waals surface area contributed by atoms with Gasteiger partial charge in [-0.15, -0.1) is 0 Å². The Balaban J connectivity index is 0.824. The van der Waals surface area contributed by atoms with Gasteiger partial charge >= 0.3 is 5.63 Å². The number of carbonyl (C=O) groups excluding carboxylic acids is 3. The lowest BCUT2D eigenvalue weighted by Crippen LogP contribution is -2.46. The van der Waals surface area contributed by atoms with Crippen molar-refractivity contribution in [3.8, 4) is 16.9 Å². The van der Waals surface area contributed by atoms with Crippen molar-refractivity contribution in [2.24, 2.45) is 5.92 Å². The number of ether oxygens (including phenoxy) is 1. The highest BCUT2D eigenvalue weighted by Crippen LogP contribution is 2.56. The van der Waals surface area contributed by atoms with E-state index in [9.17, 15) is 19.2 Å². The second-order valence-electron chi connectivity index (χ2n) is 19.8. The van der Waals surface area contributed by atoms with Crippen LogP contribution >= 0.6 is 18.9 Å². The van der Waals surface area contributed by atoms with Gasteiger partial charge in [-0.3, -0.25) is 14.4 Å². The fraction of sp³-hybridized carbons (Fsp3) is 0.419. The molecule has 11 heteroatoms. The van der Waals surface area contributed by atoms with Gasteiger partial charge in [0.05, 0.1) is 11.2 Å². The third-order valence-corrected chi connectivity index (χ3v) is 19.3. The van der Waals surface area contributed by atoms with Gasteiger partial charge in [-0.05, 0) is 112 Å². The van der Waals surface area contributed by atoms with E-state index in [-0.39, 0.29) is 17.7 Å². The lowest BCUT2D eigenvalue weighted by atomic mass is 9.96. The summed E-state index contributed by atoms with van der Waals surface area (Å²) in [4.78, 5) is 54.1. The van der Waals surface area contributed by atoms with E-state index in [1.54, 1.807) is 43.3 Å². The SMILES string of the molecule is CCCCCCCCCCCCCC(=O)Nc1ccc(-c2cc(=O)oc3cc(O[C@H](C)C(=O)N4CCC(CNC(=O)CCCCC[P+](c5ccccc5)(c5ccccc5)c5ccccc5)CC4)ccc23)c(Cl)c1. The van der Waals surface area contributed by atoms with Gasteiger partial charge in [-0.2, -0.15) is 0 Å². The first-order chi connectivity index (χ1) is 35.6. The minimum absolute atomic E-state index is 0.0419. The zero-order valence-electron chi connectivity index (χ0n) is 43.1. The van der Waals surface area contributed by atoms with Crippen LogP contribution < -0.4 is 36.9 Å². The van der Waals surface area contributed by atoms with Crippen LogP contribution in [0.3, 0.4) is 0 Å². The Morgan fingerprint density at radius 3 is 1.78 bits per heavy atom. The average Bonchev–Trinajstić information content (AvgIpc) is 3.41. The van der Waals surface area contributed by atoms with E-state index in [0.717, 1.165) is 57.5 Å². The highest BCUT2D eigenvalue weighted by molar-refractivity contribution is 7.95. The molecular formula is C62H76ClN3O6P+. The summed E-state index contributed by atoms with van der Waals surface area (Å²) in [5.74, 6) is 0.620. The van der Waals surface area contributed by atoms with Crippen LogP contribution in [0.15, 0.2) is 143 Å². The molecule has 1 saturated heterocycles. The van der Waals surface area contributed by atoms with E-state index in [2.05, 4.69) is 109 Å². The molecule has 0 unspecified atom stereocenters. The zero-order valence-corrected chi connectivity index (χ0v) is 44.8. The molecule has 5 aromatic carbocycles. The topological polar surface area (TPSA) is 118 Å². The Hall–Kier alpha value is -5.76. The standard InChI is InChI=1S/C62H75ClN3O6P/c1-3-4-5-6-7-8-9-10-11-12-23-33-60(68)65-49-34-36-54(57(63)43-49)56-45-61(69)72-58-44-50(35-37-55(56)58)71-47(2)62(70)66-40-38-48(39-41-66)46-64-59(67)32-24-16-25-42-73(51-26-17-13-18-27-51,52-28-19-14-20-29-52)53-30-21-15-22-31-53/h13-15,17-22,26-31,34-37,43-45,47-48H,3-12,16,23-25,32-33,38-42,46H2,1-2H3,(H-,64,65,67,68,69)/p+1/t47-/m1/s1. The lowest BCUT2D eigenvalue weighted by molar-refractivity contribution is -0.139. The highest BCUT2D eigenvalue weighted by atomic mass is 35.5. The van der Waals surface area contributed by atoms with Crippen molar-refractivity contribution >= 4 is 69.2 Å². The fourth-order valence-electron chi connectivity index (χ4n) is 10.3. The minimum Gasteiger partial charge on any atom is -0.481 e. The van der Waals surface area contributed by atoms with Crippen LogP contribution in [0.4, 0.5) is 5.69 Å². The smallest absolute Gasteiger partial charge is 0.336 e. The van der Waals surface area contributed by atoms with Crippen LogP contribution in [-0.4, -0.2) is 54.5 Å². The first kappa shape index (κ1) is 55.0. The van der Waals surface area contributed by atoms with E-state index in [4.69, 9.17) is 20.8 Å². The molecule has 9 nitrogen and oxygen atoms in total. The Kier molecular flexibility index (Phi) is 21.6. The first-order valence-corrected chi connectivity index (χ1v) is 29.4. The van der Waals surface area contributed by atoms with Gasteiger partial charge in [-0.1, -0.05) is 143 Å². The quantitative estimate of drug-likeness (QED) is 0.0287. The molecular weight excluding hydrogens is 949 g/mol. The summed E-state index contributed by atoms with van der Waals surface area (Å²) in [5.41, 5.74) is 1.58. The van der Waals surface area contributed by atoms with Gasteiger partial charge in [0.25, 0.3) is 5.91 Å². The van der Waals surface area contributed by atoms with Gasteiger partial charge in [-0.25, -0.2) is 4.79 Å². The molecule has 6 aromatic rings. The maximum absolute atomic E-state index is 13.6. The molecule has 0 saturated carbocycles. The molecule has 1 aromatic heterocycles. The molecule has 3 amide bonds. The van der Waals surface area contributed by atoms with Gasteiger partial charge in [0, 0.05) is 66.8 Å². The maximum Gasteiger partial charge on any atom is 0.336 e. The number of hydrogen-bond acceptors (Lipinski definition) is 6. The van der Waals surface area contributed by atoms with Crippen LogP contribution in [0.2, 0.25) is 5.02 Å². The van der Waals surface area contributed by atoms with Crippen molar-refractivity contribution in [3.63, 3.8) is 0 Å². The number of amides is 3. The summed E-state index contributed by atoms with van der Waals surface area (Å²) in [7, 11) is -1.88. The van der Waals surface area contributed by atoms with Crippen molar-refractivity contribution in [2.75, 3.05) is 31.1 Å². The number of benzene rings is 5. The van der Waals surface area contributed by atoms with Gasteiger partial charge in [0.1, 0.15) is 34.5 Å². The number of unbranched alkanes of at least 4 members (excludes halogenated alkanes) is 12. The molecule has 0 radical (unpaired) electrons. The summed E-state index contributed by atoms with van der Waals surface area (Å²) >= 11 is 6.79. The summed E-state index contributed by atoms with van der Waals surface area (Å²) < 4.78 is 11.8. The predicted molar refractivity (Wildman–Crippen MR) is 304 cm³/mol. The number of rotatable bonds is 28. The van der Waals surface area contributed by atoms with Crippen molar-refractivity contribution < 1.29 is 23.5 Å². The number of piperidine rings is 1. The van der Waals surface area contributed by atoms with Crippen molar-refractivity contribution in [1.82, 2.24) is 10.2 Å². The Labute approximate surface area is 439 Å². The number of anilines is 1. The predicted octanol–water partition coefficient (Wildman–Crippen LogP) is 13.4. The largest absolute Gasteiger partial charge is 0.481 e. The molecule has 2 heterocycles. The van der Waals surface area contributed by atoms with Crippen molar-refractivity contribution in [3.05, 3.63) is 149 Å². The molecule has 1 aliphatic heterocycles. The van der Waals surface area contributed by atoms with Crippen molar-refractivity contribution in [2.45, 2.75) is 136 Å². The lowest BCUT2D eigenvalue weighted by Gasteiger charge is -2.33. The highest BCUT2D eigenvalue weighted by Gasteiger charge is 2.44. The third-order valence-electron chi connectivity index (χ3n) is 14.4. The second kappa shape index (κ2) is 28.6. The summed E-state index contributed by atoms with van der Waals surface area (Å²) in [6, 6.07) is 44.7. The van der Waals surface area contributed by atoms with Crippen LogP contribution in [0.1, 0.15) is 129 Å². The van der Waals surface area contributed by atoms with E-state index in [1.165, 1.54) is 73.3 Å². The second-order valence-corrected chi connectivity index (χ2v) is 23.9. The molecule has 1 aliphatic rings. The summed E-state index contributed by atoms with van der Waals surface area (Å²) in [5, 5.41) is 11.4. The van der Waals surface area contributed by atoms with E-state index in [1.807, 2.05) is 4.90 Å². The van der Waals surface area contributed by atoms with E-state index >= 15 is 0 Å². The van der Waals surface area contributed by atoms with Crippen molar-refractivity contribution in [1.29, 1.82) is 0 Å². The number of nitrogens with one attached hydrogen (secondary N) is 2. The van der Waals surface area contributed by atoms with Gasteiger partial charge < -0.3 is 24.7 Å². The van der Waals surface area contributed by atoms with E-state index < -0.39 is 19.0 Å². The average molecular weight is 1030 g/mol. The van der Waals surface area contributed by atoms with Crippen LogP contribution in [0.25, 0.3) is 22.1 Å². The van der Waals surface area contributed by atoms with E-state index in [0.29, 0.717) is 76.9 Å². The number of fused-ring (bicyclic) bond motifs is 1. The zero-order chi connectivity index (χ0) is 51.3. The third kappa shape index (κ3) is 15.9. The van der Waals surface area contributed by atoms with Gasteiger partial charge in [0.15, 0.2) is 6.10 Å². The Morgan fingerprint density at radius 1 is 0.658 bits per heavy atom. The number of likely N-dealkylation sites (tertiary alicyclic amines) is 1. The molecule has 2 N–H and O–H groups in total. The summed E-state index contributed by atoms with van der Waals surface area (Å²) in [6.07, 6.45) is 19.2.